The predicted octanol–water partition coefficient (Wildman–Crippen LogP) is 3.47. The van der Waals surface area contributed by atoms with Gasteiger partial charge in [-0.05, 0) is 49.9 Å². The van der Waals surface area contributed by atoms with Crippen molar-refractivity contribution in [1.29, 1.82) is 0 Å². The topological polar surface area (TPSA) is 85.3 Å². The van der Waals surface area contributed by atoms with Crippen molar-refractivity contribution in [3.63, 3.8) is 0 Å². The molecule has 23 heavy (non-hydrogen) atoms. The number of halogens is 1. The van der Waals surface area contributed by atoms with Gasteiger partial charge in [-0.3, -0.25) is 10.1 Å². The highest BCUT2D eigenvalue weighted by molar-refractivity contribution is 9.10. The van der Waals surface area contributed by atoms with Crippen LogP contribution in [0.15, 0.2) is 28.9 Å². The molecule has 1 unspecified atom stereocenters. The number of fused-ring (bicyclic) bond motifs is 1. The molecule has 7 heteroatoms. The molecule has 3 rings (SSSR count). The van der Waals surface area contributed by atoms with Gasteiger partial charge in [0.25, 0.3) is 0 Å². The summed E-state index contributed by atoms with van der Waals surface area (Å²) in [6.07, 6.45) is 4.49. The minimum Gasteiger partial charge on any atom is -0.365 e. The zero-order valence-electron chi connectivity index (χ0n) is 12.7. The van der Waals surface area contributed by atoms with Gasteiger partial charge in [0, 0.05) is 22.9 Å². The molecule has 1 saturated heterocycles. The third kappa shape index (κ3) is 3.30. The number of hydrogen-bond donors (Lipinski definition) is 1. The summed E-state index contributed by atoms with van der Waals surface area (Å²) in [6, 6.07) is 5.70. The monoisotopic (exact) mass is 378 g/mol. The zero-order chi connectivity index (χ0) is 16.4. The van der Waals surface area contributed by atoms with Gasteiger partial charge in [-0.1, -0.05) is 15.9 Å². The van der Waals surface area contributed by atoms with Crippen LogP contribution >= 0.6 is 15.9 Å². The fraction of sp³-hybridized carbons (Fsp3) is 0.438. The molecule has 1 aromatic heterocycles. The number of nitro groups is 1. The fourth-order valence-electron chi connectivity index (χ4n) is 3.35. The second kappa shape index (κ2) is 6.80. The van der Waals surface area contributed by atoms with Crippen LogP contribution in [0.1, 0.15) is 19.3 Å². The first-order valence-electron chi connectivity index (χ1n) is 7.78. The molecule has 2 aromatic rings. The van der Waals surface area contributed by atoms with Crippen LogP contribution in [-0.2, 0) is 0 Å². The van der Waals surface area contributed by atoms with Gasteiger partial charge in [0.1, 0.15) is 11.9 Å². The second-order valence-corrected chi connectivity index (χ2v) is 6.86. The van der Waals surface area contributed by atoms with Gasteiger partial charge in [0.15, 0.2) is 0 Å². The molecule has 1 fully saturated rings. The lowest BCUT2D eigenvalue weighted by molar-refractivity contribution is -0.384. The minimum atomic E-state index is -0.338. The van der Waals surface area contributed by atoms with Gasteiger partial charge in [0.05, 0.1) is 10.4 Å². The first-order valence-corrected chi connectivity index (χ1v) is 8.57. The van der Waals surface area contributed by atoms with Crippen LogP contribution in [0.25, 0.3) is 10.9 Å². The molecule has 0 spiro atoms. The van der Waals surface area contributed by atoms with E-state index < -0.39 is 0 Å². The standard InChI is InChI=1S/C16H19BrN4O2/c17-12-3-4-14-13(8-12)16(15(9-19-14)21(22)23)20-7-1-2-11(10-20)5-6-18/h3-4,8-9,11H,1-2,5-7,10,18H2. The number of hydrogen-bond acceptors (Lipinski definition) is 5. The summed E-state index contributed by atoms with van der Waals surface area (Å²) in [4.78, 5) is 17.6. The highest BCUT2D eigenvalue weighted by Crippen LogP contribution is 2.38. The Hall–Kier alpha value is -1.73. The van der Waals surface area contributed by atoms with Crippen molar-refractivity contribution in [2.45, 2.75) is 19.3 Å². The van der Waals surface area contributed by atoms with Gasteiger partial charge in [-0.25, -0.2) is 4.98 Å². The summed E-state index contributed by atoms with van der Waals surface area (Å²) in [7, 11) is 0. The van der Waals surface area contributed by atoms with E-state index in [0.717, 1.165) is 47.7 Å². The summed E-state index contributed by atoms with van der Waals surface area (Å²) in [6.45, 7) is 2.29. The summed E-state index contributed by atoms with van der Waals surface area (Å²) >= 11 is 3.46. The molecule has 0 saturated carbocycles. The average molecular weight is 379 g/mol. The Morgan fingerprint density at radius 3 is 3.04 bits per heavy atom. The quantitative estimate of drug-likeness (QED) is 0.650. The lowest BCUT2D eigenvalue weighted by atomic mass is 9.94. The van der Waals surface area contributed by atoms with Crippen molar-refractivity contribution < 1.29 is 4.92 Å². The van der Waals surface area contributed by atoms with E-state index in [4.69, 9.17) is 5.73 Å². The van der Waals surface area contributed by atoms with Crippen molar-refractivity contribution >= 4 is 38.2 Å². The Labute approximate surface area is 143 Å². The molecular weight excluding hydrogens is 360 g/mol. The Morgan fingerprint density at radius 2 is 2.30 bits per heavy atom. The summed E-state index contributed by atoms with van der Waals surface area (Å²) in [5.74, 6) is 0.490. The maximum atomic E-state index is 11.5. The predicted molar refractivity (Wildman–Crippen MR) is 94.7 cm³/mol. The summed E-state index contributed by atoms with van der Waals surface area (Å²) < 4.78 is 0.893. The van der Waals surface area contributed by atoms with Crippen LogP contribution in [0.3, 0.4) is 0 Å². The number of nitrogens with zero attached hydrogens (tertiary/aromatic N) is 3. The molecule has 0 aliphatic carbocycles. The third-order valence-electron chi connectivity index (χ3n) is 4.39. The molecule has 0 radical (unpaired) electrons. The van der Waals surface area contributed by atoms with E-state index >= 15 is 0 Å². The molecule has 122 valence electrons. The van der Waals surface area contributed by atoms with E-state index in [1.165, 1.54) is 6.20 Å². The normalized spacial score (nSPS) is 18.3. The summed E-state index contributed by atoms with van der Waals surface area (Å²) in [5.41, 5.74) is 7.22. The summed E-state index contributed by atoms with van der Waals surface area (Å²) in [5, 5.41) is 12.3. The Balaban J connectivity index is 2.11. The molecule has 1 aromatic carbocycles. The first kappa shape index (κ1) is 16.1. The van der Waals surface area contributed by atoms with E-state index in [1.54, 1.807) is 0 Å². The number of nitrogens with two attached hydrogens (primary N) is 1. The SMILES string of the molecule is NCCC1CCCN(c2c([N+](=O)[O-])cnc3ccc(Br)cc23)C1. The van der Waals surface area contributed by atoms with E-state index in [2.05, 4.69) is 25.8 Å². The van der Waals surface area contributed by atoms with Crippen LogP contribution in [-0.4, -0.2) is 29.5 Å². The van der Waals surface area contributed by atoms with Gasteiger partial charge >= 0.3 is 5.69 Å². The highest BCUT2D eigenvalue weighted by atomic mass is 79.9. The van der Waals surface area contributed by atoms with E-state index in [1.807, 2.05) is 18.2 Å². The molecular formula is C16H19BrN4O2. The Kier molecular flexibility index (Phi) is 4.77. The molecule has 0 amide bonds. The average Bonchev–Trinajstić information content (AvgIpc) is 2.54. The van der Waals surface area contributed by atoms with Crippen LogP contribution in [0, 0.1) is 16.0 Å². The molecule has 0 bridgehead atoms. The van der Waals surface area contributed by atoms with Crippen LogP contribution in [0.2, 0.25) is 0 Å². The van der Waals surface area contributed by atoms with Gasteiger partial charge in [0.2, 0.25) is 0 Å². The van der Waals surface area contributed by atoms with E-state index in [-0.39, 0.29) is 10.6 Å². The first-order chi connectivity index (χ1) is 11.1. The van der Waals surface area contributed by atoms with Crippen molar-refractivity contribution in [1.82, 2.24) is 4.98 Å². The lowest BCUT2D eigenvalue weighted by Crippen LogP contribution is -2.36. The molecule has 6 nitrogen and oxygen atoms in total. The molecule has 1 aliphatic rings. The molecule has 2 heterocycles. The minimum absolute atomic E-state index is 0.0731. The van der Waals surface area contributed by atoms with Gasteiger partial charge in [-0.15, -0.1) is 0 Å². The third-order valence-corrected chi connectivity index (χ3v) is 4.88. The molecule has 2 N–H and O–H groups in total. The van der Waals surface area contributed by atoms with Crippen molar-refractivity contribution in [2.75, 3.05) is 24.5 Å². The zero-order valence-corrected chi connectivity index (χ0v) is 14.3. The van der Waals surface area contributed by atoms with E-state index in [0.29, 0.717) is 18.2 Å². The number of rotatable bonds is 4. The number of pyridine rings is 1. The van der Waals surface area contributed by atoms with Crippen molar-refractivity contribution in [3.05, 3.63) is 39.0 Å². The van der Waals surface area contributed by atoms with Crippen LogP contribution in [0.4, 0.5) is 11.4 Å². The molecule has 1 atom stereocenters. The maximum Gasteiger partial charge on any atom is 0.311 e. The Morgan fingerprint density at radius 1 is 1.48 bits per heavy atom. The fourth-order valence-corrected chi connectivity index (χ4v) is 3.71. The van der Waals surface area contributed by atoms with Crippen molar-refractivity contribution in [2.24, 2.45) is 11.7 Å². The second-order valence-electron chi connectivity index (χ2n) is 5.94. The van der Waals surface area contributed by atoms with Crippen LogP contribution in [0.5, 0.6) is 0 Å². The molecule has 1 aliphatic heterocycles. The van der Waals surface area contributed by atoms with Crippen molar-refractivity contribution in [3.8, 4) is 0 Å². The number of benzene rings is 1. The van der Waals surface area contributed by atoms with E-state index in [9.17, 15) is 10.1 Å². The Bertz CT molecular complexity index is 735. The number of anilines is 1. The maximum absolute atomic E-state index is 11.5. The van der Waals surface area contributed by atoms with Crippen LogP contribution < -0.4 is 10.6 Å². The lowest BCUT2D eigenvalue weighted by Gasteiger charge is -2.34. The highest BCUT2D eigenvalue weighted by Gasteiger charge is 2.27. The van der Waals surface area contributed by atoms with Gasteiger partial charge in [-0.2, -0.15) is 0 Å². The largest absolute Gasteiger partial charge is 0.365 e. The number of piperidine rings is 1. The van der Waals surface area contributed by atoms with Gasteiger partial charge < -0.3 is 10.6 Å². The smallest absolute Gasteiger partial charge is 0.311 e. The number of aromatic nitrogens is 1.